The average Bonchev–Trinajstić information content (AvgIpc) is 2.23. The number of carbonyl (C=O) groups excluding carboxylic acids is 1. The van der Waals surface area contributed by atoms with Crippen LogP contribution in [0.5, 0.6) is 0 Å². The average molecular weight is 230 g/mol. The predicted molar refractivity (Wildman–Crippen MR) is 65.4 cm³/mol. The first kappa shape index (κ1) is 15.4. The molecule has 0 spiro atoms. The Balaban J connectivity index is 3.17. The first-order valence-electron chi connectivity index (χ1n) is 6.33. The van der Waals surface area contributed by atoms with Crippen LogP contribution in [0, 0.1) is 0 Å². The molecule has 0 aliphatic rings. The SMILES string of the molecule is CCCCCNC(=O)CCCCCN(C)O. The van der Waals surface area contributed by atoms with Crippen molar-refractivity contribution in [1.82, 2.24) is 10.4 Å². The van der Waals surface area contributed by atoms with Gasteiger partial charge in [0.15, 0.2) is 0 Å². The molecule has 0 atom stereocenters. The van der Waals surface area contributed by atoms with Gasteiger partial charge in [-0.1, -0.05) is 26.2 Å². The van der Waals surface area contributed by atoms with Crippen LogP contribution in [-0.2, 0) is 4.79 Å². The molecule has 0 heterocycles. The highest BCUT2D eigenvalue weighted by Gasteiger charge is 2.00. The topological polar surface area (TPSA) is 52.6 Å². The minimum atomic E-state index is 0.161. The molecule has 0 aliphatic heterocycles. The fourth-order valence-electron chi connectivity index (χ4n) is 1.49. The highest BCUT2D eigenvalue weighted by Crippen LogP contribution is 2.00. The van der Waals surface area contributed by atoms with Crippen LogP contribution >= 0.6 is 0 Å². The van der Waals surface area contributed by atoms with Crippen molar-refractivity contribution >= 4 is 5.91 Å². The highest BCUT2D eigenvalue weighted by molar-refractivity contribution is 5.75. The number of nitrogens with zero attached hydrogens (tertiary/aromatic N) is 1. The maximum atomic E-state index is 11.3. The smallest absolute Gasteiger partial charge is 0.219 e. The lowest BCUT2D eigenvalue weighted by molar-refractivity contribution is -0.121. The molecule has 0 aromatic carbocycles. The fraction of sp³-hybridized carbons (Fsp3) is 0.917. The maximum absolute atomic E-state index is 11.3. The summed E-state index contributed by atoms with van der Waals surface area (Å²) < 4.78 is 0. The van der Waals surface area contributed by atoms with Crippen molar-refractivity contribution in [3.8, 4) is 0 Å². The summed E-state index contributed by atoms with van der Waals surface area (Å²) >= 11 is 0. The minimum Gasteiger partial charge on any atom is -0.356 e. The standard InChI is InChI=1S/C12H26N2O2/c1-3-4-7-10-13-12(15)9-6-5-8-11-14(2)16/h16H,3-11H2,1-2H3,(H,13,15). The van der Waals surface area contributed by atoms with E-state index in [1.54, 1.807) is 7.05 Å². The summed E-state index contributed by atoms with van der Waals surface area (Å²) in [6.07, 6.45) is 6.91. The van der Waals surface area contributed by atoms with Gasteiger partial charge in [-0.2, -0.15) is 5.06 Å². The van der Waals surface area contributed by atoms with Crippen molar-refractivity contribution < 1.29 is 10.0 Å². The molecule has 0 saturated carbocycles. The van der Waals surface area contributed by atoms with Crippen LogP contribution in [0.3, 0.4) is 0 Å². The molecule has 2 N–H and O–H groups in total. The van der Waals surface area contributed by atoms with Crippen molar-refractivity contribution in [3.63, 3.8) is 0 Å². The van der Waals surface area contributed by atoms with Crippen molar-refractivity contribution in [3.05, 3.63) is 0 Å². The van der Waals surface area contributed by atoms with E-state index >= 15 is 0 Å². The summed E-state index contributed by atoms with van der Waals surface area (Å²) in [6.45, 7) is 3.64. The Kier molecular flexibility index (Phi) is 10.5. The number of rotatable bonds is 10. The molecular weight excluding hydrogens is 204 g/mol. The van der Waals surface area contributed by atoms with Gasteiger partial charge >= 0.3 is 0 Å². The van der Waals surface area contributed by atoms with Gasteiger partial charge in [0.25, 0.3) is 0 Å². The van der Waals surface area contributed by atoms with Gasteiger partial charge in [0.05, 0.1) is 0 Å². The number of hydroxylamine groups is 2. The summed E-state index contributed by atoms with van der Waals surface area (Å²) in [5.41, 5.74) is 0. The number of hydrogen-bond donors (Lipinski definition) is 2. The normalized spacial score (nSPS) is 10.8. The van der Waals surface area contributed by atoms with Gasteiger partial charge in [-0.15, -0.1) is 0 Å². The zero-order valence-corrected chi connectivity index (χ0v) is 10.7. The van der Waals surface area contributed by atoms with E-state index < -0.39 is 0 Å². The zero-order chi connectivity index (χ0) is 12.2. The number of carbonyl (C=O) groups is 1. The van der Waals surface area contributed by atoms with E-state index in [9.17, 15) is 4.79 Å². The Morgan fingerprint density at radius 2 is 1.94 bits per heavy atom. The number of amides is 1. The van der Waals surface area contributed by atoms with Gasteiger partial charge in [-0.25, -0.2) is 0 Å². The lowest BCUT2D eigenvalue weighted by Gasteiger charge is -2.07. The van der Waals surface area contributed by atoms with Crippen molar-refractivity contribution in [1.29, 1.82) is 0 Å². The summed E-state index contributed by atoms with van der Waals surface area (Å²) in [7, 11) is 1.64. The van der Waals surface area contributed by atoms with E-state index in [0.717, 1.165) is 32.2 Å². The molecule has 0 aromatic heterocycles. The van der Waals surface area contributed by atoms with Crippen LogP contribution in [0.25, 0.3) is 0 Å². The highest BCUT2D eigenvalue weighted by atomic mass is 16.5. The third-order valence-electron chi connectivity index (χ3n) is 2.49. The number of nitrogens with one attached hydrogen (secondary N) is 1. The van der Waals surface area contributed by atoms with Gasteiger partial charge in [0.1, 0.15) is 0 Å². The second-order valence-electron chi connectivity index (χ2n) is 4.25. The van der Waals surface area contributed by atoms with E-state index in [1.165, 1.54) is 17.9 Å². The fourth-order valence-corrected chi connectivity index (χ4v) is 1.49. The zero-order valence-electron chi connectivity index (χ0n) is 10.7. The van der Waals surface area contributed by atoms with Crippen molar-refractivity contribution in [2.24, 2.45) is 0 Å². The summed E-state index contributed by atoms with van der Waals surface area (Å²) in [5, 5.41) is 13.0. The molecule has 16 heavy (non-hydrogen) atoms. The van der Waals surface area contributed by atoms with Gasteiger partial charge < -0.3 is 10.5 Å². The molecule has 0 radical (unpaired) electrons. The maximum Gasteiger partial charge on any atom is 0.219 e. The Labute approximate surface area is 99.0 Å². The lowest BCUT2D eigenvalue weighted by Crippen LogP contribution is -2.24. The van der Waals surface area contributed by atoms with Crippen LogP contribution in [0.2, 0.25) is 0 Å². The molecule has 4 heteroatoms. The Bertz CT molecular complexity index is 172. The molecule has 96 valence electrons. The third-order valence-corrected chi connectivity index (χ3v) is 2.49. The second-order valence-corrected chi connectivity index (χ2v) is 4.25. The third kappa shape index (κ3) is 11.5. The van der Waals surface area contributed by atoms with Crippen molar-refractivity contribution in [2.45, 2.75) is 51.9 Å². The van der Waals surface area contributed by atoms with Crippen molar-refractivity contribution in [2.75, 3.05) is 20.1 Å². The summed E-state index contributed by atoms with van der Waals surface area (Å²) in [4.78, 5) is 11.3. The van der Waals surface area contributed by atoms with Crippen LogP contribution < -0.4 is 5.32 Å². The molecular formula is C12H26N2O2. The number of hydrogen-bond acceptors (Lipinski definition) is 3. The van der Waals surface area contributed by atoms with Crippen LogP contribution in [-0.4, -0.2) is 36.3 Å². The lowest BCUT2D eigenvalue weighted by atomic mass is 10.2. The Hall–Kier alpha value is -0.610. The van der Waals surface area contributed by atoms with E-state index in [2.05, 4.69) is 12.2 Å². The van der Waals surface area contributed by atoms with E-state index in [1.807, 2.05) is 0 Å². The first-order chi connectivity index (χ1) is 7.66. The second kappa shape index (κ2) is 10.9. The van der Waals surface area contributed by atoms with Crippen LogP contribution in [0.4, 0.5) is 0 Å². The largest absolute Gasteiger partial charge is 0.356 e. The molecule has 4 nitrogen and oxygen atoms in total. The predicted octanol–water partition coefficient (Wildman–Crippen LogP) is 2.17. The quantitative estimate of drug-likeness (QED) is 0.447. The molecule has 0 fully saturated rings. The van der Waals surface area contributed by atoms with Gasteiger partial charge in [-0.05, 0) is 19.3 Å². The number of unbranched alkanes of at least 4 members (excludes halogenated alkanes) is 4. The van der Waals surface area contributed by atoms with Gasteiger partial charge in [0, 0.05) is 26.6 Å². The molecule has 0 rings (SSSR count). The summed E-state index contributed by atoms with van der Waals surface area (Å²) in [6, 6.07) is 0. The molecule has 1 amide bonds. The molecule has 0 aliphatic carbocycles. The van der Waals surface area contributed by atoms with Crippen LogP contribution in [0.1, 0.15) is 51.9 Å². The first-order valence-corrected chi connectivity index (χ1v) is 6.33. The minimum absolute atomic E-state index is 0.161. The van der Waals surface area contributed by atoms with E-state index in [4.69, 9.17) is 5.21 Å². The van der Waals surface area contributed by atoms with E-state index in [0.29, 0.717) is 13.0 Å². The Morgan fingerprint density at radius 3 is 2.56 bits per heavy atom. The molecule has 0 bridgehead atoms. The van der Waals surface area contributed by atoms with E-state index in [-0.39, 0.29) is 5.91 Å². The van der Waals surface area contributed by atoms with Gasteiger partial charge in [-0.3, -0.25) is 4.79 Å². The molecule has 0 aromatic rings. The Morgan fingerprint density at radius 1 is 1.19 bits per heavy atom. The summed E-state index contributed by atoms with van der Waals surface area (Å²) in [5.74, 6) is 0.161. The monoisotopic (exact) mass is 230 g/mol. The van der Waals surface area contributed by atoms with Crippen LogP contribution in [0.15, 0.2) is 0 Å². The molecule has 0 saturated heterocycles. The van der Waals surface area contributed by atoms with Gasteiger partial charge in [0.2, 0.25) is 5.91 Å². The molecule has 0 unspecified atom stereocenters.